The number of hydrogen-bond acceptors (Lipinski definition) is 6. The molecule has 0 saturated heterocycles. The third kappa shape index (κ3) is 2.74. The van der Waals surface area contributed by atoms with E-state index in [2.05, 4.69) is 35.8 Å². The van der Waals surface area contributed by atoms with Crippen LogP contribution in [0, 0.1) is 0 Å². The van der Waals surface area contributed by atoms with E-state index < -0.39 is 10.0 Å². The molecule has 1 aromatic heterocycles. The molecule has 94 valence electrons. The SMILES string of the molecule is Nc1cc(S(=O)(=O)Nc2nccnn2)ccc1Br. The van der Waals surface area contributed by atoms with Gasteiger partial charge in [-0.05, 0) is 34.1 Å². The van der Waals surface area contributed by atoms with Crippen LogP contribution in [0.3, 0.4) is 0 Å². The van der Waals surface area contributed by atoms with Gasteiger partial charge in [-0.25, -0.2) is 18.1 Å². The van der Waals surface area contributed by atoms with Crippen molar-refractivity contribution in [2.45, 2.75) is 4.90 Å². The fourth-order valence-electron chi connectivity index (χ4n) is 1.16. The van der Waals surface area contributed by atoms with Crippen LogP contribution < -0.4 is 10.5 Å². The van der Waals surface area contributed by atoms with Crippen molar-refractivity contribution in [2.24, 2.45) is 0 Å². The molecule has 0 radical (unpaired) electrons. The zero-order valence-corrected chi connectivity index (χ0v) is 11.3. The van der Waals surface area contributed by atoms with Gasteiger partial charge in [0.15, 0.2) is 0 Å². The molecule has 18 heavy (non-hydrogen) atoms. The van der Waals surface area contributed by atoms with Gasteiger partial charge in [-0.1, -0.05) is 0 Å². The topological polar surface area (TPSA) is 111 Å². The van der Waals surface area contributed by atoms with E-state index in [9.17, 15) is 8.42 Å². The molecule has 0 unspecified atom stereocenters. The molecule has 0 spiro atoms. The molecular weight excluding hydrogens is 322 g/mol. The molecule has 0 saturated carbocycles. The first-order chi connectivity index (χ1) is 8.49. The maximum atomic E-state index is 12.0. The quantitative estimate of drug-likeness (QED) is 0.813. The Bertz CT molecular complexity index is 662. The van der Waals surface area contributed by atoms with Gasteiger partial charge >= 0.3 is 0 Å². The molecule has 7 nitrogen and oxygen atoms in total. The minimum atomic E-state index is -3.77. The number of nitrogen functional groups attached to an aromatic ring is 1. The summed E-state index contributed by atoms with van der Waals surface area (Å²) in [6.07, 6.45) is 2.68. The predicted molar refractivity (Wildman–Crippen MR) is 69.2 cm³/mol. The number of halogens is 1. The van der Waals surface area contributed by atoms with Gasteiger partial charge in [0.25, 0.3) is 16.0 Å². The van der Waals surface area contributed by atoms with E-state index in [-0.39, 0.29) is 10.8 Å². The summed E-state index contributed by atoms with van der Waals surface area (Å²) in [7, 11) is -3.77. The number of nitrogens with one attached hydrogen (secondary N) is 1. The molecule has 2 aromatic rings. The van der Waals surface area contributed by atoms with Crippen LogP contribution in [0.4, 0.5) is 11.6 Å². The normalized spacial score (nSPS) is 11.2. The Morgan fingerprint density at radius 1 is 1.28 bits per heavy atom. The van der Waals surface area contributed by atoms with Crippen LogP contribution in [0.25, 0.3) is 0 Å². The molecule has 0 amide bonds. The number of benzene rings is 1. The third-order valence-electron chi connectivity index (χ3n) is 1.99. The lowest BCUT2D eigenvalue weighted by molar-refractivity contribution is 0.600. The van der Waals surface area contributed by atoms with Crippen LogP contribution in [-0.2, 0) is 10.0 Å². The molecule has 3 N–H and O–H groups in total. The van der Waals surface area contributed by atoms with Gasteiger partial charge in [-0.3, -0.25) is 0 Å². The monoisotopic (exact) mass is 329 g/mol. The average Bonchev–Trinajstić information content (AvgIpc) is 2.33. The number of anilines is 2. The molecule has 0 bridgehead atoms. The fourth-order valence-corrected chi connectivity index (χ4v) is 2.39. The van der Waals surface area contributed by atoms with Crippen molar-refractivity contribution in [2.75, 3.05) is 10.5 Å². The highest BCUT2D eigenvalue weighted by Gasteiger charge is 2.16. The van der Waals surface area contributed by atoms with E-state index in [1.54, 1.807) is 6.07 Å². The van der Waals surface area contributed by atoms with Crippen LogP contribution in [0.1, 0.15) is 0 Å². The number of rotatable bonds is 3. The first-order valence-electron chi connectivity index (χ1n) is 4.70. The van der Waals surface area contributed by atoms with Gasteiger partial charge in [0, 0.05) is 10.2 Å². The van der Waals surface area contributed by atoms with Crippen LogP contribution in [0.2, 0.25) is 0 Å². The van der Waals surface area contributed by atoms with Crippen LogP contribution >= 0.6 is 15.9 Å². The van der Waals surface area contributed by atoms with E-state index in [0.717, 1.165) is 0 Å². The zero-order valence-electron chi connectivity index (χ0n) is 8.91. The summed E-state index contributed by atoms with van der Waals surface area (Å²) in [5, 5.41) is 7.06. The smallest absolute Gasteiger partial charge is 0.264 e. The molecular formula is C9H8BrN5O2S. The van der Waals surface area contributed by atoms with Gasteiger partial charge in [0.2, 0.25) is 0 Å². The lowest BCUT2D eigenvalue weighted by Gasteiger charge is -2.07. The molecule has 1 heterocycles. The van der Waals surface area contributed by atoms with Crippen molar-refractivity contribution >= 4 is 37.6 Å². The predicted octanol–water partition coefficient (Wildman–Crippen LogP) is 1.02. The number of nitrogens with zero attached hydrogens (tertiary/aromatic N) is 3. The highest BCUT2D eigenvalue weighted by atomic mass is 79.9. The van der Waals surface area contributed by atoms with Gasteiger partial charge in [-0.2, -0.15) is 5.10 Å². The van der Waals surface area contributed by atoms with E-state index in [4.69, 9.17) is 5.73 Å². The first kappa shape index (κ1) is 12.7. The number of sulfonamides is 1. The van der Waals surface area contributed by atoms with E-state index >= 15 is 0 Å². The molecule has 2 rings (SSSR count). The molecule has 1 aromatic carbocycles. The summed E-state index contributed by atoms with van der Waals surface area (Å²) < 4.78 is 26.8. The maximum absolute atomic E-state index is 12.0. The van der Waals surface area contributed by atoms with E-state index in [1.807, 2.05) is 0 Å². The first-order valence-corrected chi connectivity index (χ1v) is 6.98. The standard InChI is InChI=1S/C9H8BrN5O2S/c10-7-2-1-6(5-8(7)11)18(16,17)15-9-12-3-4-13-14-9/h1-5H,11H2,(H,12,14,15). The largest absolute Gasteiger partial charge is 0.398 e. The van der Waals surface area contributed by atoms with Gasteiger partial charge in [0.1, 0.15) is 0 Å². The number of hydrogen-bond donors (Lipinski definition) is 2. The summed E-state index contributed by atoms with van der Waals surface area (Å²) in [6, 6.07) is 4.30. The Morgan fingerprint density at radius 3 is 2.67 bits per heavy atom. The fraction of sp³-hybridized carbons (Fsp3) is 0. The van der Waals surface area contributed by atoms with Crippen molar-refractivity contribution in [1.29, 1.82) is 0 Å². The number of nitrogens with two attached hydrogens (primary N) is 1. The molecule has 9 heteroatoms. The third-order valence-corrected chi connectivity index (χ3v) is 4.03. The molecule has 0 atom stereocenters. The minimum absolute atomic E-state index is 0.0238. The number of aromatic nitrogens is 3. The minimum Gasteiger partial charge on any atom is -0.398 e. The van der Waals surface area contributed by atoms with Crippen LogP contribution in [0.5, 0.6) is 0 Å². The summed E-state index contributed by atoms with van der Waals surface area (Å²) in [4.78, 5) is 3.75. The summed E-state index contributed by atoms with van der Waals surface area (Å²) in [6.45, 7) is 0. The van der Waals surface area contributed by atoms with Gasteiger partial charge < -0.3 is 5.73 Å². The summed E-state index contributed by atoms with van der Waals surface area (Å²) >= 11 is 3.19. The molecule has 0 aliphatic heterocycles. The second kappa shape index (κ2) is 4.86. The van der Waals surface area contributed by atoms with Crippen molar-refractivity contribution < 1.29 is 8.42 Å². The van der Waals surface area contributed by atoms with Crippen molar-refractivity contribution in [3.8, 4) is 0 Å². The Balaban J connectivity index is 2.34. The highest BCUT2D eigenvalue weighted by molar-refractivity contribution is 9.10. The van der Waals surface area contributed by atoms with Crippen molar-refractivity contribution in [1.82, 2.24) is 15.2 Å². The Hall–Kier alpha value is -1.74. The molecule has 0 aliphatic rings. The van der Waals surface area contributed by atoms with E-state index in [1.165, 1.54) is 24.5 Å². The summed E-state index contributed by atoms with van der Waals surface area (Å²) in [5.74, 6) is -0.0982. The average molecular weight is 330 g/mol. The highest BCUT2D eigenvalue weighted by Crippen LogP contribution is 2.23. The van der Waals surface area contributed by atoms with Gasteiger partial charge in [0.05, 0.1) is 17.3 Å². The zero-order chi connectivity index (χ0) is 13.2. The van der Waals surface area contributed by atoms with Crippen molar-refractivity contribution in [3.63, 3.8) is 0 Å². The lowest BCUT2D eigenvalue weighted by atomic mass is 10.3. The maximum Gasteiger partial charge on any atom is 0.264 e. The van der Waals surface area contributed by atoms with E-state index in [0.29, 0.717) is 10.2 Å². The lowest BCUT2D eigenvalue weighted by Crippen LogP contribution is -2.15. The second-order valence-electron chi connectivity index (χ2n) is 3.26. The van der Waals surface area contributed by atoms with Crippen molar-refractivity contribution in [3.05, 3.63) is 35.1 Å². The van der Waals surface area contributed by atoms with Crippen LogP contribution in [-0.4, -0.2) is 23.6 Å². The van der Waals surface area contributed by atoms with Crippen LogP contribution in [0.15, 0.2) is 40.0 Å². The Morgan fingerprint density at radius 2 is 2.06 bits per heavy atom. The Labute approximate surface area is 112 Å². The Kier molecular flexibility index (Phi) is 3.43. The molecule has 0 aliphatic carbocycles. The summed E-state index contributed by atoms with van der Waals surface area (Å²) in [5.41, 5.74) is 5.95. The molecule has 0 fully saturated rings. The second-order valence-corrected chi connectivity index (χ2v) is 5.79. The van der Waals surface area contributed by atoms with Gasteiger partial charge in [-0.15, -0.1) is 5.10 Å².